The van der Waals surface area contributed by atoms with Gasteiger partial charge < -0.3 is 5.73 Å². The SMILES string of the molecule is C=C(/C=C\C=C/C)[C@H]1CN2C(NS(=O)(=O)C3C=CC(Cl)=CC3)=N[C@H](C(N)=O)C(C)[N+]2=C1c1ccc(Cl)cc1. The normalized spacial score (nSPS) is 25.5. The second kappa shape index (κ2) is 11.3. The first-order chi connectivity index (χ1) is 18.0. The van der Waals surface area contributed by atoms with Gasteiger partial charge in [0.2, 0.25) is 27.7 Å². The minimum absolute atomic E-state index is 0.0279. The van der Waals surface area contributed by atoms with E-state index in [0.717, 1.165) is 16.8 Å². The summed E-state index contributed by atoms with van der Waals surface area (Å²) >= 11 is 12.1. The van der Waals surface area contributed by atoms with Crippen molar-refractivity contribution in [3.63, 3.8) is 0 Å². The first-order valence-corrected chi connectivity index (χ1v) is 14.4. The van der Waals surface area contributed by atoms with Crippen molar-refractivity contribution in [3.8, 4) is 0 Å². The van der Waals surface area contributed by atoms with E-state index in [1.165, 1.54) is 6.08 Å². The van der Waals surface area contributed by atoms with Gasteiger partial charge in [-0.2, -0.15) is 0 Å². The largest absolute Gasteiger partial charge is 0.368 e. The molecule has 2 heterocycles. The highest BCUT2D eigenvalue weighted by atomic mass is 35.5. The number of rotatable bonds is 7. The molecule has 0 saturated heterocycles. The number of allylic oxidation sites excluding steroid dienone is 7. The van der Waals surface area contributed by atoms with Gasteiger partial charge >= 0.3 is 0 Å². The average Bonchev–Trinajstić information content (AvgIpc) is 3.28. The molecule has 3 N–H and O–H groups in total. The minimum Gasteiger partial charge on any atom is -0.368 e. The molecular weight excluding hydrogens is 545 g/mol. The predicted molar refractivity (Wildman–Crippen MR) is 153 cm³/mol. The Morgan fingerprint density at radius 1 is 1.26 bits per heavy atom. The summed E-state index contributed by atoms with van der Waals surface area (Å²) in [6.45, 7) is 8.41. The van der Waals surface area contributed by atoms with Gasteiger partial charge in [-0.3, -0.25) is 4.79 Å². The highest BCUT2D eigenvalue weighted by molar-refractivity contribution is 7.90. The lowest BCUT2D eigenvalue weighted by Crippen LogP contribution is -2.59. The van der Waals surface area contributed by atoms with Crippen molar-refractivity contribution in [1.29, 1.82) is 0 Å². The molecule has 4 rings (SSSR count). The molecule has 11 heteroatoms. The van der Waals surface area contributed by atoms with Crippen LogP contribution in [0.2, 0.25) is 5.02 Å². The molecule has 1 aliphatic carbocycles. The third-order valence-electron chi connectivity index (χ3n) is 6.68. The lowest BCUT2D eigenvalue weighted by atomic mass is 9.90. The van der Waals surface area contributed by atoms with Gasteiger partial charge in [0, 0.05) is 22.5 Å². The molecule has 1 aromatic carbocycles. The van der Waals surface area contributed by atoms with Crippen LogP contribution in [0.15, 0.2) is 89.0 Å². The average molecular weight is 576 g/mol. The Morgan fingerprint density at radius 3 is 2.58 bits per heavy atom. The van der Waals surface area contributed by atoms with Gasteiger partial charge in [0.05, 0.1) is 12.5 Å². The standard InChI is InChI=1S/C27H29Cl2N5O3S/c1-4-5-6-7-17(2)23-16-33-27(32-38(36,37)22-14-12-21(29)13-15-22)31-24(26(30)35)18(3)34(33)25(23)19-8-10-20(28)11-9-19/h4-14,18,22-24H,2,15-16H2,1,3H3,(H2-,30,31,32,35)/p+1/b5-4-,7-6-/t18?,22?,23-,24+/m1/s1. The van der Waals surface area contributed by atoms with E-state index < -0.39 is 33.3 Å². The number of benzene rings is 1. The zero-order valence-electron chi connectivity index (χ0n) is 21.1. The van der Waals surface area contributed by atoms with E-state index in [1.807, 2.05) is 55.0 Å². The van der Waals surface area contributed by atoms with Crippen LogP contribution >= 0.6 is 23.2 Å². The Bertz CT molecular complexity index is 1420. The summed E-state index contributed by atoms with van der Waals surface area (Å²) in [5.74, 6) is -0.871. The van der Waals surface area contributed by atoms with Crippen LogP contribution in [0.4, 0.5) is 0 Å². The summed E-state index contributed by atoms with van der Waals surface area (Å²) in [6, 6.07) is 5.87. The monoisotopic (exact) mass is 574 g/mol. The van der Waals surface area contributed by atoms with Crippen LogP contribution in [0, 0.1) is 5.92 Å². The van der Waals surface area contributed by atoms with Crippen molar-refractivity contribution in [2.45, 2.75) is 37.6 Å². The molecule has 1 amide bonds. The predicted octanol–water partition coefficient (Wildman–Crippen LogP) is 3.66. The van der Waals surface area contributed by atoms with E-state index in [-0.39, 0.29) is 18.3 Å². The number of hydrazone groups is 1. The number of hydrazine groups is 1. The number of guanidine groups is 1. The lowest BCUT2D eigenvalue weighted by Gasteiger charge is -2.30. The molecule has 3 aliphatic rings. The number of halogens is 2. The molecule has 0 fully saturated rings. The Labute approximate surface area is 233 Å². The number of hydrogen-bond donors (Lipinski definition) is 2. The second-order valence-electron chi connectivity index (χ2n) is 9.24. The molecule has 0 spiro atoms. The Hall–Kier alpha value is -3.14. The number of nitrogens with one attached hydrogen (secondary N) is 1. The molecule has 200 valence electrons. The van der Waals surface area contributed by atoms with E-state index in [0.29, 0.717) is 16.6 Å². The summed E-state index contributed by atoms with van der Waals surface area (Å²) in [4.78, 5) is 17.0. The number of carbonyl (C=O) groups is 1. The molecule has 0 aromatic heterocycles. The minimum atomic E-state index is -3.92. The van der Waals surface area contributed by atoms with Gasteiger partial charge in [0.15, 0.2) is 6.04 Å². The van der Waals surface area contributed by atoms with Crippen LogP contribution in [-0.2, 0) is 14.8 Å². The van der Waals surface area contributed by atoms with Gasteiger partial charge in [0.1, 0.15) is 5.25 Å². The Kier molecular flexibility index (Phi) is 8.30. The quantitative estimate of drug-likeness (QED) is 0.382. The van der Waals surface area contributed by atoms with E-state index in [2.05, 4.69) is 16.3 Å². The molecule has 0 radical (unpaired) electrons. The van der Waals surface area contributed by atoms with Crippen LogP contribution in [0.25, 0.3) is 0 Å². The molecule has 0 bridgehead atoms. The molecule has 38 heavy (non-hydrogen) atoms. The van der Waals surface area contributed by atoms with Crippen molar-refractivity contribution in [2.24, 2.45) is 16.6 Å². The van der Waals surface area contributed by atoms with Gasteiger partial charge in [-0.1, -0.05) is 66.2 Å². The first kappa shape index (κ1) is 27.9. The van der Waals surface area contributed by atoms with Crippen LogP contribution in [-0.4, -0.2) is 59.6 Å². The molecule has 4 atom stereocenters. The number of sulfonamides is 1. The van der Waals surface area contributed by atoms with Gasteiger partial charge in [-0.25, -0.2) is 18.1 Å². The molecule has 8 nitrogen and oxygen atoms in total. The van der Waals surface area contributed by atoms with Crippen molar-refractivity contribution < 1.29 is 17.9 Å². The van der Waals surface area contributed by atoms with Crippen molar-refractivity contribution in [3.05, 3.63) is 94.6 Å². The van der Waals surface area contributed by atoms with Crippen LogP contribution < -0.4 is 10.5 Å². The topological polar surface area (TPSA) is 108 Å². The fourth-order valence-corrected chi connectivity index (χ4v) is 6.23. The summed E-state index contributed by atoms with van der Waals surface area (Å²) in [6.07, 6.45) is 12.6. The number of amides is 1. The Morgan fingerprint density at radius 2 is 1.97 bits per heavy atom. The van der Waals surface area contributed by atoms with Crippen LogP contribution in [0.1, 0.15) is 25.8 Å². The number of nitrogens with two attached hydrogens (primary N) is 1. The lowest BCUT2D eigenvalue weighted by molar-refractivity contribution is -0.688. The first-order valence-electron chi connectivity index (χ1n) is 12.1. The van der Waals surface area contributed by atoms with E-state index in [4.69, 9.17) is 28.9 Å². The van der Waals surface area contributed by atoms with E-state index >= 15 is 0 Å². The van der Waals surface area contributed by atoms with Crippen molar-refractivity contribution >= 4 is 50.8 Å². The number of aliphatic imine (C=N–C) groups is 1. The highest BCUT2D eigenvalue weighted by Gasteiger charge is 2.52. The van der Waals surface area contributed by atoms with Crippen LogP contribution in [0.3, 0.4) is 0 Å². The van der Waals surface area contributed by atoms with E-state index in [1.54, 1.807) is 29.3 Å². The third kappa shape index (κ3) is 5.65. The maximum Gasteiger partial charge on any atom is 0.266 e. The summed E-state index contributed by atoms with van der Waals surface area (Å²) in [5.41, 5.74) is 8.25. The zero-order chi connectivity index (χ0) is 27.6. The smallest absolute Gasteiger partial charge is 0.266 e. The molecule has 0 saturated carbocycles. The molecule has 2 unspecified atom stereocenters. The number of nitrogens with zero attached hydrogens (tertiary/aromatic N) is 3. The zero-order valence-corrected chi connectivity index (χ0v) is 23.4. The number of hydrogen-bond acceptors (Lipinski definition) is 5. The fourth-order valence-electron chi connectivity index (χ4n) is 4.75. The molecule has 2 aliphatic heterocycles. The van der Waals surface area contributed by atoms with Crippen molar-refractivity contribution in [2.75, 3.05) is 6.54 Å². The van der Waals surface area contributed by atoms with Gasteiger partial charge in [-0.05, 0) is 49.3 Å². The molecule has 1 aromatic rings. The van der Waals surface area contributed by atoms with Crippen molar-refractivity contribution in [1.82, 2.24) is 9.73 Å². The third-order valence-corrected chi connectivity index (χ3v) is 8.83. The van der Waals surface area contributed by atoms with Gasteiger partial charge in [0.25, 0.3) is 5.96 Å². The van der Waals surface area contributed by atoms with Crippen LogP contribution in [0.5, 0.6) is 0 Å². The maximum atomic E-state index is 13.4. The number of fused-ring (bicyclic) bond motifs is 1. The number of carbonyl (C=O) groups excluding carboxylic acids is 1. The summed E-state index contributed by atoms with van der Waals surface area (Å²) in [7, 11) is -3.92. The highest BCUT2D eigenvalue weighted by Crippen LogP contribution is 2.31. The van der Waals surface area contributed by atoms with E-state index in [9.17, 15) is 13.2 Å². The fraction of sp³-hybridized carbons (Fsp3) is 0.296. The Balaban J connectivity index is 1.82. The number of primary amides is 1. The molecular formula is C27H30Cl2N5O3S+. The maximum absolute atomic E-state index is 13.4. The van der Waals surface area contributed by atoms with Gasteiger partial charge in [-0.15, -0.1) is 9.69 Å². The summed E-state index contributed by atoms with van der Waals surface area (Å²) in [5, 5.41) is 1.97. The summed E-state index contributed by atoms with van der Waals surface area (Å²) < 4.78 is 31.2. The second-order valence-corrected chi connectivity index (χ2v) is 12.0.